The average molecular weight is 500 g/mol. The van der Waals surface area contributed by atoms with Gasteiger partial charge < -0.3 is 20.3 Å². The fourth-order valence-electron chi connectivity index (χ4n) is 3.58. The lowest BCUT2D eigenvalue weighted by molar-refractivity contribution is -0.140. The zero-order valence-electron chi connectivity index (χ0n) is 21.4. The molecule has 190 valence electrons. The van der Waals surface area contributed by atoms with Crippen LogP contribution in [0.15, 0.2) is 48.5 Å². The summed E-state index contributed by atoms with van der Waals surface area (Å²) in [4.78, 5) is 41.2. The van der Waals surface area contributed by atoms with E-state index in [0.29, 0.717) is 24.2 Å². The first-order valence-electron chi connectivity index (χ1n) is 11.8. The summed E-state index contributed by atoms with van der Waals surface area (Å²) in [5.74, 6) is -0.684. The Kier molecular flexibility index (Phi) is 10.2. The predicted octanol–water partition coefficient (Wildman–Crippen LogP) is 5.04. The van der Waals surface area contributed by atoms with Crippen LogP contribution in [0.1, 0.15) is 56.8 Å². The number of para-hydroxylation sites is 1. The highest BCUT2D eigenvalue weighted by Gasteiger charge is 2.35. The summed E-state index contributed by atoms with van der Waals surface area (Å²) in [6, 6.07) is 13.1. The van der Waals surface area contributed by atoms with Crippen LogP contribution < -0.4 is 10.6 Å². The van der Waals surface area contributed by atoms with Gasteiger partial charge in [0.05, 0.1) is 0 Å². The molecule has 2 aromatic rings. The van der Waals surface area contributed by atoms with E-state index in [1.807, 2.05) is 69.3 Å². The average Bonchev–Trinajstić information content (AvgIpc) is 2.78. The van der Waals surface area contributed by atoms with Crippen molar-refractivity contribution in [2.75, 3.05) is 17.6 Å². The molecule has 0 aliphatic heterocycles. The number of aryl methyl sites for hydroxylation is 2. The molecule has 0 spiro atoms. The monoisotopic (exact) mass is 499 g/mol. The lowest BCUT2D eigenvalue weighted by Crippen LogP contribution is -2.53. The number of ether oxygens (including phenoxy) is 1. The molecule has 2 aromatic carbocycles. The Labute approximate surface area is 214 Å². The summed E-state index contributed by atoms with van der Waals surface area (Å²) in [5, 5.41) is 5.60. The van der Waals surface area contributed by atoms with Gasteiger partial charge in [-0.15, -0.1) is 0 Å². The Morgan fingerprint density at radius 3 is 2.20 bits per heavy atom. The van der Waals surface area contributed by atoms with Crippen molar-refractivity contribution in [2.24, 2.45) is 0 Å². The van der Waals surface area contributed by atoms with Crippen molar-refractivity contribution in [1.29, 1.82) is 0 Å². The summed E-state index contributed by atoms with van der Waals surface area (Å²) in [7, 11) is 0. The van der Waals surface area contributed by atoms with Crippen LogP contribution in [0.3, 0.4) is 0 Å². The first-order valence-corrected chi connectivity index (χ1v) is 12.4. The van der Waals surface area contributed by atoms with Crippen molar-refractivity contribution in [3.8, 4) is 0 Å². The molecule has 2 rings (SSSR count). The number of nitrogens with one attached hydrogen (secondary N) is 2. The molecule has 0 bridgehead atoms. The first-order chi connectivity index (χ1) is 16.5. The lowest BCUT2D eigenvalue weighted by Gasteiger charge is -2.34. The van der Waals surface area contributed by atoms with Crippen molar-refractivity contribution < 1.29 is 19.1 Å². The molecule has 0 radical (unpaired) electrons. The molecule has 0 heterocycles. The highest BCUT2D eigenvalue weighted by atomic mass is 32.1. The van der Waals surface area contributed by atoms with E-state index >= 15 is 0 Å². The molecule has 35 heavy (non-hydrogen) atoms. The summed E-state index contributed by atoms with van der Waals surface area (Å²) in [6.07, 6.45) is -0.0881. The Morgan fingerprint density at radius 2 is 1.66 bits per heavy atom. The molecular weight excluding hydrogens is 462 g/mol. The molecule has 0 saturated carbocycles. The van der Waals surface area contributed by atoms with Crippen molar-refractivity contribution in [3.05, 3.63) is 65.2 Å². The number of thiol groups is 1. The molecule has 8 heteroatoms. The summed E-state index contributed by atoms with van der Waals surface area (Å²) < 4.78 is 5.32. The summed E-state index contributed by atoms with van der Waals surface area (Å²) in [6.45, 7) is 11.4. The number of carbonyl (C=O) groups is 3. The number of nitrogens with zero attached hydrogens (tertiary/aromatic N) is 1. The van der Waals surface area contributed by atoms with E-state index in [9.17, 15) is 14.4 Å². The zero-order valence-corrected chi connectivity index (χ0v) is 22.3. The van der Waals surface area contributed by atoms with Gasteiger partial charge in [-0.25, -0.2) is 4.79 Å². The zero-order chi connectivity index (χ0) is 26.2. The van der Waals surface area contributed by atoms with Gasteiger partial charge in [-0.2, -0.15) is 12.6 Å². The van der Waals surface area contributed by atoms with E-state index in [-0.39, 0.29) is 11.7 Å². The number of anilines is 1. The highest BCUT2D eigenvalue weighted by Crippen LogP contribution is 2.26. The van der Waals surface area contributed by atoms with Gasteiger partial charge in [0.2, 0.25) is 5.91 Å². The minimum Gasteiger partial charge on any atom is -0.444 e. The van der Waals surface area contributed by atoms with Crippen LogP contribution in [-0.2, 0) is 14.3 Å². The third kappa shape index (κ3) is 8.31. The van der Waals surface area contributed by atoms with Gasteiger partial charge >= 0.3 is 6.09 Å². The van der Waals surface area contributed by atoms with Crippen LogP contribution in [0.2, 0.25) is 0 Å². The predicted molar refractivity (Wildman–Crippen MR) is 143 cm³/mol. The second-order valence-corrected chi connectivity index (χ2v) is 9.90. The van der Waals surface area contributed by atoms with Crippen LogP contribution in [0.25, 0.3) is 0 Å². The SMILES string of the molecule is CCCN(C(=O)C(CS)NC(=O)OC(C)(C)C)C(C(=O)Nc1ccccc1C)c1ccc(C)cc1. The molecule has 3 amide bonds. The molecular formula is C27H37N3O4S. The molecule has 0 aliphatic carbocycles. The van der Waals surface area contributed by atoms with Crippen LogP contribution in [0, 0.1) is 13.8 Å². The maximum absolute atomic E-state index is 13.7. The fraction of sp³-hybridized carbons (Fsp3) is 0.444. The smallest absolute Gasteiger partial charge is 0.408 e. The second-order valence-electron chi connectivity index (χ2n) is 9.53. The van der Waals surface area contributed by atoms with Crippen LogP contribution in [0.5, 0.6) is 0 Å². The van der Waals surface area contributed by atoms with Crippen LogP contribution >= 0.6 is 12.6 Å². The van der Waals surface area contributed by atoms with Gasteiger partial charge in [-0.3, -0.25) is 9.59 Å². The third-order valence-corrected chi connectivity index (χ3v) is 5.64. The van der Waals surface area contributed by atoms with Gasteiger partial charge in [0, 0.05) is 18.0 Å². The van der Waals surface area contributed by atoms with E-state index < -0.39 is 29.7 Å². The Morgan fingerprint density at radius 1 is 1.03 bits per heavy atom. The minimum absolute atomic E-state index is 0.0539. The van der Waals surface area contributed by atoms with Crippen molar-refractivity contribution in [3.63, 3.8) is 0 Å². The minimum atomic E-state index is -0.959. The standard InChI is InChI=1S/C27H37N3O4S/c1-7-16-30(25(32)22(17-35)29-26(33)34-27(4,5)6)23(20-14-12-18(2)13-15-20)24(31)28-21-11-9-8-10-19(21)3/h8-15,22-23,35H,7,16-17H2,1-6H3,(H,28,31)(H,29,33). The lowest BCUT2D eigenvalue weighted by atomic mass is 10.0. The summed E-state index contributed by atoms with van der Waals surface area (Å²) >= 11 is 4.30. The third-order valence-electron chi connectivity index (χ3n) is 5.28. The number of benzene rings is 2. The van der Waals surface area contributed by atoms with Crippen molar-refractivity contribution in [2.45, 2.75) is 65.6 Å². The Hall–Kier alpha value is -3.00. The summed E-state index contributed by atoms with van der Waals surface area (Å²) in [5.41, 5.74) is 2.60. The quantitative estimate of drug-likeness (QED) is 0.422. The van der Waals surface area contributed by atoms with E-state index in [1.54, 1.807) is 20.8 Å². The molecule has 0 saturated heterocycles. The van der Waals surface area contributed by atoms with E-state index in [0.717, 1.165) is 11.1 Å². The molecule has 0 fully saturated rings. The maximum atomic E-state index is 13.7. The van der Waals surface area contributed by atoms with E-state index in [2.05, 4.69) is 23.3 Å². The highest BCUT2D eigenvalue weighted by molar-refractivity contribution is 7.80. The number of carbonyl (C=O) groups excluding carboxylic acids is 3. The first kappa shape index (κ1) is 28.2. The Bertz CT molecular complexity index is 1020. The van der Waals surface area contributed by atoms with Gasteiger partial charge in [0.15, 0.2) is 0 Å². The number of hydrogen-bond donors (Lipinski definition) is 3. The number of alkyl carbamates (subject to hydrolysis) is 1. The van der Waals surface area contributed by atoms with Gasteiger partial charge in [0.1, 0.15) is 17.7 Å². The molecule has 2 unspecified atom stereocenters. The number of hydrogen-bond acceptors (Lipinski definition) is 5. The fourth-order valence-corrected chi connectivity index (χ4v) is 3.83. The molecule has 2 N–H and O–H groups in total. The van der Waals surface area contributed by atoms with Crippen LogP contribution in [0.4, 0.5) is 10.5 Å². The Balaban J connectivity index is 2.43. The molecule has 0 aliphatic rings. The normalized spacial score (nSPS) is 12.9. The van der Waals surface area contributed by atoms with Gasteiger partial charge in [0.25, 0.3) is 5.91 Å². The second kappa shape index (κ2) is 12.6. The number of amides is 3. The van der Waals surface area contributed by atoms with E-state index in [1.165, 1.54) is 4.90 Å². The number of rotatable bonds is 9. The van der Waals surface area contributed by atoms with Crippen LogP contribution in [-0.4, -0.2) is 46.7 Å². The maximum Gasteiger partial charge on any atom is 0.408 e. The van der Waals surface area contributed by atoms with Crippen molar-refractivity contribution >= 4 is 36.2 Å². The topological polar surface area (TPSA) is 87.7 Å². The molecule has 7 nitrogen and oxygen atoms in total. The van der Waals surface area contributed by atoms with Gasteiger partial charge in [-0.05, 0) is 58.2 Å². The molecule has 0 aromatic heterocycles. The largest absolute Gasteiger partial charge is 0.444 e. The van der Waals surface area contributed by atoms with E-state index in [4.69, 9.17) is 4.74 Å². The van der Waals surface area contributed by atoms with Crippen molar-refractivity contribution in [1.82, 2.24) is 10.2 Å². The molecule has 2 atom stereocenters. The van der Waals surface area contributed by atoms with Gasteiger partial charge in [-0.1, -0.05) is 55.0 Å².